The van der Waals surface area contributed by atoms with E-state index < -0.39 is 29.5 Å². The van der Waals surface area contributed by atoms with Gasteiger partial charge in [-0.25, -0.2) is 4.39 Å². The van der Waals surface area contributed by atoms with E-state index in [1.807, 2.05) is 0 Å². The van der Waals surface area contributed by atoms with Gasteiger partial charge in [-0.1, -0.05) is 18.2 Å². The Labute approximate surface area is 123 Å². The summed E-state index contributed by atoms with van der Waals surface area (Å²) in [5.41, 5.74) is -0.0144. The second-order valence-corrected chi connectivity index (χ2v) is 4.85. The lowest BCUT2D eigenvalue weighted by molar-refractivity contribution is -0.137. The Morgan fingerprint density at radius 2 is 1.68 bits per heavy atom. The predicted molar refractivity (Wildman–Crippen MR) is 72.8 cm³/mol. The maximum atomic E-state index is 13.6. The van der Waals surface area contributed by atoms with Crippen LogP contribution in [0.3, 0.4) is 0 Å². The first kappa shape index (κ1) is 14.4. The lowest BCUT2D eigenvalue weighted by Gasteiger charge is -2.27. The average molecular weight is 310 g/mol. The summed E-state index contributed by atoms with van der Waals surface area (Å²) in [6, 6.07) is 7.65. The number of hydrogen-bond acceptors (Lipinski definition) is 2. The van der Waals surface area contributed by atoms with Crippen LogP contribution in [-0.2, 0) is 11.0 Å². The van der Waals surface area contributed by atoms with Crippen LogP contribution in [0, 0.1) is 5.82 Å². The largest absolute Gasteiger partial charge is 0.416 e. The molecule has 0 aromatic heterocycles. The quantitative estimate of drug-likeness (QED) is 0.783. The molecule has 2 aromatic rings. The summed E-state index contributed by atoms with van der Waals surface area (Å²) in [5.74, 6) is -1.11. The first-order chi connectivity index (χ1) is 10.4. The van der Waals surface area contributed by atoms with Crippen molar-refractivity contribution < 1.29 is 22.4 Å². The number of carbonyl (C=O) groups excluding carboxylic acids is 1. The summed E-state index contributed by atoms with van der Waals surface area (Å²) in [4.78, 5) is 12.0. The van der Waals surface area contributed by atoms with E-state index in [0.717, 1.165) is 12.1 Å². The molecule has 0 bridgehead atoms. The number of amides is 1. The molecular weight excluding hydrogens is 300 g/mol. The summed E-state index contributed by atoms with van der Waals surface area (Å²) >= 11 is 0. The van der Waals surface area contributed by atoms with Crippen molar-refractivity contribution in [2.75, 3.05) is 10.6 Å². The standard InChI is InChI=1S/C15H10F4N2O/c16-10-2-1-3-11-13(10)21-14(22)12(20-11)8-4-6-9(7-5-8)15(17,18)19/h1-7,12,20H,(H,21,22). The first-order valence-corrected chi connectivity index (χ1v) is 6.39. The molecule has 114 valence electrons. The second-order valence-electron chi connectivity index (χ2n) is 4.85. The molecule has 0 saturated heterocycles. The Bertz CT molecular complexity index is 725. The van der Waals surface area contributed by atoms with Crippen molar-refractivity contribution in [1.29, 1.82) is 0 Å². The Hall–Kier alpha value is -2.57. The first-order valence-electron chi connectivity index (χ1n) is 6.39. The third-order valence-electron chi connectivity index (χ3n) is 3.40. The molecule has 3 rings (SSSR count). The summed E-state index contributed by atoms with van der Waals surface area (Å²) in [6.07, 6.45) is -4.43. The molecule has 2 aromatic carbocycles. The average Bonchev–Trinajstić information content (AvgIpc) is 2.47. The lowest BCUT2D eigenvalue weighted by atomic mass is 10.0. The molecule has 0 radical (unpaired) electrons. The van der Waals surface area contributed by atoms with E-state index in [2.05, 4.69) is 10.6 Å². The van der Waals surface area contributed by atoms with E-state index in [-0.39, 0.29) is 5.69 Å². The fraction of sp³-hybridized carbons (Fsp3) is 0.133. The number of alkyl halides is 3. The number of rotatable bonds is 1. The minimum atomic E-state index is -4.43. The molecule has 0 fully saturated rings. The summed E-state index contributed by atoms with van der Waals surface area (Å²) in [5, 5.41) is 5.25. The van der Waals surface area contributed by atoms with Crippen LogP contribution in [0.15, 0.2) is 42.5 Å². The van der Waals surface area contributed by atoms with E-state index >= 15 is 0 Å². The number of benzene rings is 2. The van der Waals surface area contributed by atoms with Crippen LogP contribution in [-0.4, -0.2) is 5.91 Å². The highest BCUT2D eigenvalue weighted by molar-refractivity contribution is 6.03. The molecule has 0 saturated carbocycles. The topological polar surface area (TPSA) is 41.1 Å². The third kappa shape index (κ3) is 2.49. The van der Waals surface area contributed by atoms with Gasteiger partial charge in [-0.3, -0.25) is 4.79 Å². The molecule has 0 spiro atoms. The van der Waals surface area contributed by atoms with E-state index in [1.165, 1.54) is 24.3 Å². The number of halogens is 4. The molecule has 1 heterocycles. The number of nitrogens with one attached hydrogen (secondary N) is 2. The van der Waals surface area contributed by atoms with Gasteiger partial charge in [0.2, 0.25) is 0 Å². The molecule has 7 heteroatoms. The SMILES string of the molecule is O=C1Nc2c(F)cccc2NC1c1ccc(C(F)(F)F)cc1. The Balaban J connectivity index is 1.91. The van der Waals surface area contributed by atoms with Crippen molar-refractivity contribution in [2.24, 2.45) is 0 Å². The monoisotopic (exact) mass is 310 g/mol. The normalized spacial score (nSPS) is 17.5. The zero-order valence-corrected chi connectivity index (χ0v) is 11.0. The van der Waals surface area contributed by atoms with Crippen molar-refractivity contribution in [2.45, 2.75) is 12.2 Å². The molecule has 1 aliphatic heterocycles. The smallest absolute Gasteiger partial charge is 0.368 e. The van der Waals surface area contributed by atoms with E-state index in [1.54, 1.807) is 6.07 Å². The van der Waals surface area contributed by atoms with E-state index in [4.69, 9.17) is 0 Å². The molecule has 0 aliphatic carbocycles. The van der Waals surface area contributed by atoms with Gasteiger partial charge in [0.05, 0.1) is 11.3 Å². The van der Waals surface area contributed by atoms with Gasteiger partial charge >= 0.3 is 6.18 Å². The summed E-state index contributed by atoms with van der Waals surface area (Å²) in [6.45, 7) is 0. The Kier molecular flexibility index (Phi) is 3.27. The molecule has 2 N–H and O–H groups in total. The van der Waals surface area contributed by atoms with Crippen molar-refractivity contribution in [3.63, 3.8) is 0 Å². The van der Waals surface area contributed by atoms with Crippen LogP contribution in [0.5, 0.6) is 0 Å². The number of carbonyl (C=O) groups is 1. The van der Waals surface area contributed by atoms with Crippen molar-refractivity contribution >= 4 is 17.3 Å². The van der Waals surface area contributed by atoms with Crippen LogP contribution >= 0.6 is 0 Å². The molecule has 1 amide bonds. The third-order valence-corrected chi connectivity index (χ3v) is 3.40. The van der Waals surface area contributed by atoms with Crippen molar-refractivity contribution in [3.8, 4) is 0 Å². The Morgan fingerprint density at radius 1 is 1.00 bits per heavy atom. The Morgan fingerprint density at radius 3 is 2.32 bits per heavy atom. The zero-order chi connectivity index (χ0) is 15.9. The van der Waals surface area contributed by atoms with Gasteiger partial charge < -0.3 is 10.6 Å². The van der Waals surface area contributed by atoms with Gasteiger partial charge in [0.25, 0.3) is 5.91 Å². The minimum absolute atomic E-state index is 0.0376. The van der Waals surface area contributed by atoms with Gasteiger partial charge in [0, 0.05) is 0 Å². The number of fused-ring (bicyclic) bond motifs is 1. The van der Waals surface area contributed by atoms with E-state index in [0.29, 0.717) is 11.3 Å². The summed E-state index contributed by atoms with van der Waals surface area (Å²) in [7, 11) is 0. The van der Waals surface area contributed by atoms with E-state index in [9.17, 15) is 22.4 Å². The molecule has 1 atom stereocenters. The molecule has 1 aliphatic rings. The number of anilines is 2. The summed E-state index contributed by atoms with van der Waals surface area (Å²) < 4.78 is 51.2. The maximum Gasteiger partial charge on any atom is 0.416 e. The van der Waals surface area contributed by atoms with Crippen molar-refractivity contribution in [3.05, 3.63) is 59.4 Å². The predicted octanol–water partition coefficient (Wildman–Crippen LogP) is 3.95. The van der Waals surface area contributed by atoms with Gasteiger partial charge in [0.1, 0.15) is 17.5 Å². The van der Waals surface area contributed by atoms with Crippen LogP contribution in [0.1, 0.15) is 17.2 Å². The number of para-hydroxylation sites is 1. The van der Waals surface area contributed by atoms with Gasteiger partial charge in [-0.05, 0) is 29.8 Å². The van der Waals surface area contributed by atoms with Gasteiger partial charge in [-0.15, -0.1) is 0 Å². The van der Waals surface area contributed by atoms with Crippen molar-refractivity contribution in [1.82, 2.24) is 0 Å². The lowest BCUT2D eigenvalue weighted by Crippen LogP contribution is -2.32. The molecular formula is C15H10F4N2O. The van der Waals surface area contributed by atoms with Crippen LogP contribution in [0.25, 0.3) is 0 Å². The number of hydrogen-bond donors (Lipinski definition) is 2. The molecule has 3 nitrogen and oxygen atoms in total. The molecule has 22 heavy (non-hydrogen) atoms. The van der Waals surface area contributed by atoms with Crippen LogP contribution in [0.2, 0.25) is 0 Å². The van der Waals surface area contributed by atoms with Gasteiger partial charge in [-0.2, -0.15) is 13.2 Å². The second kappa shape index (κ2) is 5.01. The van der Waals surface area contributed by atoms with Crippen LogP contribution < -0.4 is 10.6 Å². The minimum Gasteiger partial charge on any atom is -0.368 e. The highest BCUT2D eigenvalue weighted by Crippen LogP contribution is 2.35. The highest BCUT2D eigenvalue weighted by Gasteiger charge is 2.32. The maximum absolute atomic E-state index is 13.6. The molecule has 1 unspecified atom stereocenters. The zero-order valence-electron chi connectivity index (χ0n) is 11.0. The fourth-order valence-corrected chi connectivity index (χ4v) is 2.29. The van der Waals surface area contributed by atoms with Crippen LogP contribution in [0.4, 0.5) is 28.9 Å². The van der Waals surface area contributed by atoms with Gasteiger partial charge in [0.15, 0.2) is 0 Å². The highest BCUT2D eigenvalue weighted by atomic mass is 19.4. The fourth-order valence-electron chi connectivity index (χ4n) is 2.29.